The van der Waals surface area contributed by atoms with Gasteiger partial charge in [0.2, 0.25) is 5.91 Å². The quantitative estimate of drug-likeness (QED) is 0.565. The monoisotopic (exact) mass is 461 g/mol. The minimum atomic E-state index is -4.47. The van der Waals surface area contributed by atoms with Crippen molar-refractivity contribution in [3.8, 4) is 0 Å². The van der Waals surface area contributed by atoms with E-state index in [9.17, 15) is 22.4 Å². The molecule has 1 aliphatic heterocycles. The van der Waals surface area contributed by atoms with Gasteiger partial charge in [0.15, 0.2) is 5.01 Å². The van der Waals surface area contributed by atoms with E-state index in [1.807, 2.05) is 6.92 Å². The molecule has 1 aliphatic carbocycles. The van der Waals surface area contributed by atoms with Crippen LogP contribution >= 0.6 is 22.9 Å². The van der Waals surface area contributed by atoms with Crippen LogP contribution in [0.1, 0.15) is 48.2 Å². The topological polar surface area (TPSA) is 45.2 Å². The molecular weight excluding hydrogens is 442 g/mol. The zero-order valence-corrected chi connectivity index (χ0v) is 17.8. The SMILES string of the molecule is CC1(CC(=O)Nc2c(F)cc(N3CCc4sc(C(F)(F)F)nc4C3)cc2Cl)CCC1. The van der Waals surface area contributed by atoms with E-state index in [1.165, 1.54) is 12.1 Å². The lowest BCUT2D eigenvalue weighted by molar-refractivity contribution is -0.137. The maximum absolute atomic E-state index is 14.7. The molecule has 2 heterocycles. The Bertz CT molecular complexity index is 964. The van der Waals surface area contributed by atoms with Crippen molar-refractivity contribution in [2.45, 2.75) is 51.7 Å². The molecule has 0 unspecified atom stereocenters. The Morgan fingerprint density at radius 1 is 1.37 bits per heavy atom. The lowest BCUT2D eigenvalue weighted by Crippen LogP contribution is -2.31. The Labute approximate surface area is 180 Å². The van der Waals surface area contributed by atoms with E-state index in [0.29, 0.717) is 47.0 Å². The summed E-state index contributed by atoms with van der Waals surface area (Å²) < 4.78 is 53.5. The Balaban J connectivity index is 1.49. The fourth-order valence-corrected chi connectivity index (χ4v) is 5.11. The van der Waals surface area contributed by atoms with Gasteiger partial charge in [0.05, 0.1) is 22.9 Å². The lowest BCUT2D eigenvalue weighted by atomic mass is 9.68. The van der Waals surface area contributed by atoms with Crippen LogP contribution in [0.2, 0.25) is 5.02 Å². The average Bonchev–Trinajstić information content (AvgIpc) is 3.07. The number of hydrogen-bond donors (Lipinski definition) is 1. The highest BCUT2D eigenvalue weighted by molar-refractivity contribution is 7.11. The smallest absolute Gasteiger partial charge is 0.365 e. The van der Waals surface area contributed by atoms with Crippen LogP contribution in [-0.2, 0) is 23.9 Å². The van der Waals surface area contributed by atoms with E-state index >= 15 is 0 Å². The van der Waals surface area contributed by atoms with Gasteiger partial charge in [0, 0.05) is 30.0 Å². The Morgan fingerprint density at radius 2 is 2.10 bits per heavy atom. The van der Waals surface area contributed by atoms with E-state index < -0.39 is 17.0 Å². The van der Waals surface area contributed by atoms with E-state index in [2.05, 4.69) is 10.3 Å². The fourth-order valence-electron chi connectivity index (χ4n) is 3.93. The molecule has 1 amide bonds. The van der Waals surface area contributed by atoms with Gasteiger partial charge in [-0.15, -0.1) is 11.3 Å². The zero-order chi connectivity index (χ0) is 21.7. The number of hydrogen-bond acceptors (Lipinski definition) is 4. The normalized spacial score (nSPS) is 18.0. The first-order chi connectivity index (χ1) is 14.0. The van der Waals surface area contributed by atoms with Gasteiger partial charge in [-0.25, -0.2) is 9.37 Å². The maximum atomic E-state index is 14.7. The number of benzene rings is 1. The molecule has 4 nitrogen and oxygen atoms in total. The van der Waals surface area contributed by atoms with Crippen molar-refractivity contribution in [3.05, 3.63) is 38.6 Å². The second kappa shape index (κ2) is 7.67. The van der Waals surface area contributed by atoms with Crippen LogP contribution in [0, 0.1) is 11.2 Å². The van der Waals surface area contributed by atoms with Crippen LogP contribution in [0.5, 0.6) is 0 Å². The van der Waals surface area contributed by atoms with Gasteiger partial charge < -0.3 is 10.2 Å². The first-order valence-corrected chi connectivity index (χ1v) is 10.8. The van der Waals surface area contributed by atoms with Crippen molar-refractivity contribution in [3.63, 3.8) is 0 Å². The Hall–Kier alpha value is -1.87. The van der Waals surface area contributed by atoms with E-state index in [4.69, 9.17) is 11.6 Å². The molecule has 2 aromatic rings. The third-order valence-electron chi connectivity index (χ3n) is 5.77. The van der Waals surface area contributed by atoms with Gasteiger partial charge in [0.1, 0.15) is 5.82 Å². The summed E-state index contributed by atoms with van der Waals surface area (Å²) in [5.74, 6) is -0.958. The fraction of sp³-hybridized carbons (Fsp3) is 0.500. The number of halogens is 5. The number of alkyl halides is 3. The molecule has 0 spiro atoms. The standard InChI is InChI=1S/C20H20ClF4N3OS/c1-19(4-2-5-19)9-16(29)27-17-12(21)7-11(8-13(17)22)28-6-3-15-14(10-28)26-18(30-15)20(23,24)25/h7-8H,2-6,9-10H2,1H3,(H,27,29). The average molecular weight is 462 g/mol. The van der Waals surface area contributed by atoms with Gasteiger partial charge in [-0.3, -0.25) is 4.79 Å². The summed E-state index contributed by atoms with van der Waals surface area (Å²) in [5.41, 5.74) is 0.676. The molecule has 2 aliphatic rings. The van der Waals surface area contributed by atoms with Crippen LogP contribution in [0.3, 0.4) is 0 Å². The van der Waals surface area contributed by atoms with Gasteiger partial charge in [-0.05, 0) is 30.4 Å². The van der Waals surface area contributed by atoms with Crippen molar-refractivity contribution in [1.82, 2.24) is 4.98 Å². The number of fused-ring (bicyclic) bond motifs is 1. The summed E-state index contributed by atoms with van der Waals surface area (Å²) in [4.78, 5) is 18.3. The molecule has 1 saturated carbocycles. The van der Waals surface area contributed by atoms with Crippen molar-refractivity contribution in [1.29, 1.82) is 0 Å². The molecule has 1 fully saturated rings. The first kappa shape index (κ1) is 21.4. The Morgan fingerprint density at radius 3 is 2.70 bits per heavy atom. The lowest BCUT2D eigenvalue weighted by Gasteiger charge is -2.37. The molecule has 4 rings (SSSR count). The van der Waals surface area contributed by atoms with Gasteiger partial charge in [-0.1, -0.05) is 24.9 Å². The van der Waals surface area contributed by atoms with Crippen molar-refractivity contribution in [2.24, 2.45) is 5.41 Å². The van der Waals surface area contributed by atoms with Crippen LogP contribution in [0.15, 0.2) is 12.1 Å². The number of anilines is 2. The summed E-state index contributed by atoms with van der Waals surface area (Å²) >= 11 is 6.89. The minimum absolute atomic E-state index is 0.0404. The third-order valence-corrected chi connectivity index (χ3v) is 7.27. The Kier molecular flexibility index (Phi) is 5.47. The molecule has 30 heavy (non-hydrogen) atoms. The van der Waals surface area contributed by atoms with E-state index in [1.54, 1.807) is 4.90 Å². The highest BCUT2D eigenvalue weighted by atomic mass is 35.5. The number of aromatic nitrogens is 1. The number of carbonyl (C=O) groups is 1. The minimum Gasteiger partial charge on any atom is -0.365 e. The second-order valence-electron chi connectivity index (χ2n) is 8.23. The van der Waals surface area contributed by atoms with Gasteiger partial charge in [-0.2, -0.15) is 13.2 Å². The molecule has 0 atom stereocenters. The zero-order valence-electron chi connectivity index (χ0n) is 16.2. The molecule has 0 radical (unpaired) electrons. The van der Waals surface area contributed by atoms with Crippen molar-refractivity contribution < 1.29 is 22.4 Å². The molecular formula is C20H20ClF4N3OS. The molecule has 0 saturated heterocycles. The number of carbonyl (C=O) groups excluding carboxylic acids is 1. The maximum Gasteiger partial charge on any atom is 0.443 e. The third kappa shape index (κ3) is 4.27. The van der Waals surface area contributed by atoms with Crippen LogP contribution in [0.4, 0.5) is 28.9 Å². The predicted octanol–water partition coefficient (Wildman–Crippen LogP) is 6.04. The molecule has 1 aromatic heterocycles. The van der Waals surface area contributed by atoms with Crippen molar-refractivity contribution in [2.75, 3.05) is 16.8 Å². The largest absolute Gasteiger partial charge is 0.443 e. The molecule has 1 aromatic carbocycles. The molecule has 1 N–H and O–H groups in total. The van der Waals surface area contributed by atoms with E-state index in [0.717, 1.165) is 19.3 Å². The van der Waals surface area contributed by atoms with Crippen LogP contribution < -0.4 is 10.2 Å². The van der Waals surface area contributed by atoms with Gasteiger partial charge in [0.25, 0.3) is 0 Å². The summed E-state index contributed by atoms with van der Waals surface area (Å²) in [6.45, 7) is 2.60. The number of amides is 1. The number of rotatable bonds is 4. The van der Waals surface area contributed by atoms with Gasteiger partial charge >= 0.3 is 6.18 Å². The summed E-state index contributed by atoms with van der Waals surface area (Å²) in [5, 5.41) is 1.76. The molecule has 10 heteroatoms. The van der Waals surface area contributed by atoms with Crippen LogP contribution in [0.25, 0.3) is 0 Å². The summed E-state index contributed by atoms with van der Waals surface area (Å²) in [6, 6.07) is 2.77. The predicted molar refractivity (Wildman–Crippen MR) is 108 cm³/mol. The molecule has 162 valence electrons. The summed E-state index contributed by atoms with van der Waals surface area (Å²) in [7, 11) is 0. The second-order valence-corrected chi connectivity index (χ2v) is 9.72. The van der Waals surface area contributed by atoms with Crippen LogP contribution in [-0.4, -0.2) is 17.4 Å². The molecule has 0 bridgehead atoms. The number of nitrogens with one attached hydrogen (secondary N) is 1. The number of thiazole rings is 1. The highest BCUT2D eigenvalue weighted by Gasteiger charge is 2.37. The van der Waals surface area contributed by atoms with E-state index in [-0.39, 0.29) is 28.6 Å². The van der Waals surface area contributed by atoms with Crippen molar-refractivity contribution >= 4 is 40.2 Å². The highest BCUT2D eigenvalue weighted by Crippen LogP contribution is 2.44. The first-order valence-electron chi connectivity index (χ1n) is 9.64. The summed E-state index contributed by atoms with van der Waals surface area (Å²) in [6.07, 6.45) is -0.740. The number of nitrogens with zero attached hydrogens (tertiary/aromatic N) is 2.